The number of methoxy groups -OCH3 is 1. The molecule has 0 radical (unpaired) electrons. The molecule has 3 N–H and O–H groups in total. The third-order valence-electron chi connectivity index (χ3n) is 2.78. The van der Waals surface area contributed by atoms with Gasteiger partial charge in [-0.15, -0.1) is 0 Å². The van der Waals surface area contributed by atoms with Gasteiger partial charge >= 0.3 is 0 Å². The summed E-state index contributed by atoms with van der Waals surface area (Å²) in [6.45, 7) is 3.98. The number of rotatable bonds is 9. The van der Waals surface area contributed by atoms with Crippen molar-refractivity contribution in [3.63, 3.8) is 0 Å². The Morgan fingerprint density at radius 2 is 2.25 bits per heavy atom. The molecule has 1 aromatic carbocycles. The zero-order valence-electron chi connectivity index (χ0n) is 11.8. The van der Waals surface area contributed by atoms with Crippen LogP contribution in [0, 0.1) is 0 Å². The van der Waals surface area contributed by atoms with Crippen LogP contribution in [0.1, 0.15) is 18.9 Å². The van der Waals surface area contributed by atoms with E-state index in [0.29, 0.717) is 25.3 Å². The topological polar surface area (TPSA) is 73.6 Å². The van der Waals surface area contributed by atoms with Crippen LogP contribution in [0.4, 0.5) is 0 Å². The smallest absolute Gasteiger partial charge is 0.258 e. The largest absolute Gasteiger partial charge is 0.481 e. The Morgan fingerprint density at radius 1 is 1.50 bits per heavy atom. The molecule has 0 spiro atoms. The molecule has 112 valence electrons. The monoisotopic (exact) mass is 344 g/mol. The highest BCUT2D eigenvalue weighted by Gasteiger charge is 2.15. The lowest BCUT2D eigenvalue weighted by Crippen LogP contribution is -2.33. The van der Waals surface area contributed by atoms with Crippen molar-refractivity contribution in [2.24, 2.45) is 5.73 Å². The van der Waals surface area contributed by atoms with Crippen molar-refractivity contribution in [3.05, 3.63) is 28.2 Å². The number of hydrogen-bond acceptors (Lipinski definition) is 4. The number of ether oxygens (including phenoxy) is 2. The molecule has 0 heterocycles. The Labute approximate surface area is 127 Å². The zero-order chi connectivity index (χ0) is 15.0. The van der Waals surface area contributed by atoms with Crippen LogP contribution in [0.3, 0.4) is 0 Å². The van der Waals surface area contributed by atoms with Gasteiger partial charge in [-0.05, 0) is 30.2 Å². The minimum Gasteiger partial charge on any atom is -0.481 e. The molecular formula is C14H21BrN2O3. The van der Waals surface area contributed by atoms with E-state index in [1.54, 1.807) is 7.11 Å². The lowest BCUT2D eigenvalue weighted by atomic mass is 10.2. The van der Waals surface area contributed by atoms with Gasteiger partial charge in [0, 0.05) is 24.7 Å². The molecule has 20 heavy (non-hydrogen) atoms. The Balaban J connectivity index is 2.67. The molecule has 0 saturated heterocycles. The molecular weight excluding hydrogens is 324 g/mol. The summed E-state index contributed by atoms with van der Waals surface area (Å²) >= 11 is 3.49. The van der Waals surface area contributed by atoms with Gasteiger partial charge in [0.1, 0.15) is 5.75 Å². The van der Waals surface area contributed by atoms with Crippen molar-refractivity contribution in [2.45, 2.75) is 26.0 Å². The molecule has 0 bridgehead atoms. The second-order valence-electron chi connectivity index (χ2n) is 4.34. The molecule has 0 saturated carbocycles. The van der Waals surface area contributed by atoms with E-state index in [4.69, 9.17) is 15.2 Å². The molecule has 1 amide bonds. The van der Waals surface area contributed by atoms with Gasteiger partial charge in [0.2, 0.25) is 0 Å². The molecule has 1 rings (SSSR count). The average Bonchev–Trinajstić information content (AvgIpc) is 2.43. The Bertz CT molecular complexity index is 440. The van der Waals surface area contributed by atoms with Crippen molar-refractivity contribution < 1.29 is 14.3 Å². The lowest BCUT2D eigenvalue weighted by molar-refractivity contribution is -0.124. The van der Waals surface area contributed by atoms with Crippen LogP contribution in [-0.2, 0) is 16.1 Å². The van der Waals surface area contributed by atoms with Crippen LogP contribution in [-0.4, -0.2) is 32.3 Å². The summed E-state index contributed by atoms with van der Waals surface area (Å²) in [5.74, 6) is 0.192. The maximum atomic E-state index is 11.2. The molecule has 1 unspecified atom stereocenters. The second kappa shape index (κ2) is 8.94. The minimum atomic E-state index is -0.592. The van der Waals surface area contributed by atoms with E-state index in [0.717, 1.165) is 16.6 Å². The highest BCUT2D eigenvalue weighted by atomic mass is 79.9. The number of amides is 1. The fraction of sp³-hybridized carbons (Fsp3) is 0.500. The molecule has 0 aliphatic rings. The SMILES string of the molecule is CCC(Oc1ccc(Br)c(CNCCOC)c1)C(N)=O. The number of halogens is 1. The van der Waals surface area contributed by atoms with Crippen molar-refractivity contribution in [1.82, 2.24) is 5.32 Å². The predicted octanol–water partition coefficient (Wildman–Crippen LogP) is 1.83. The van der Waals surface area contributed by atoms with Gasteiger partial charge in [-0.25, -0.2) is 0 Å². The van der Waals surface area contributed by atoms with E-state index in [-0.39, 0.29) is 0 Å². The Kier molecular flexibility index (Phi) is 7.58. The summed E-state index contributed by atoms with van der Waals surface area (Å²) in [6.07, 6.45) is -0.0437. The van der Waals surface area contributed by atoms with E-state index in [1.807, 2.05) is 25.1 Å². The van der Waals surface area contributed by atoms with Gasteiger partial charge in [0.05, 0.1) is 6.61 Å². The first-order chi connectivity index (χ1) is 9.58. The molecule has 0 fully saturated rings. The summed E-state index contributed by atoms with van der Waals surface area (Å²) < 4.78 is 11.6. The molecule has 1 aromatic rings. The fourth-order valence-electron chi connectivity index (χ4n) is 1.66. The molecule has 0 aliphatic heterocycles. The maximum absolute atomic E-state index is 11.2. The number of nitrogens with two attached hydrogens (primary N) is 1. The van der Waals surface area contributed by atoms with Crippen molar-refractivity contribution >= 4 is 21.8 Å². The summed E-state index contributed by atoms with van der Waals surface area (Å²) in [5, 5.41) is 3.26. The van der Waals surface area contributed by atoms with Crippen LogP contribution in [0.2, 0.25) is 0 Å². The maximum Gasteiger partial charge on any atom is 0.258 e. The van der Waals surface area contributed by atoms with Gasteiger partial charge in [-0.2, -0.15) is 0 Å². The summed E-state index contributed by atoms with van der Waals surface area (Å²) in [4.78, 5) is 11.2. The van der Waals surface area contributed by atoms with Gasteiger partial charge in [0.15, 0.2) is 6.10 Å². The summed E-state index contributed by atoms with van der Waals surface area (Å²) in [5.41, 5.74) is 6.33. The Morgan fingerprint density at radius 3 is 2.85 bits per heavy atom. The van der Waals surface area contributed by atoms with E-state index >= 15 is 0 Å². The van der Waals surface area contributed by atoms with Crippen LogP contribution >= 0.6 is 15.9 Å². The molecule has 5 nitrogen and oxygen atoms in total. The highest BCUT2D eigenvalue weighted by Crippen LogP contribution is 2.23. The molecule has 6 heteroatoms. The summed E-state index contributed by atoms with van der Waals surface area (Å²) in [7, 11) is 1.67. The van der Waals surface area contributed by atoms with Gasteiger partial charge < -0.3 is 20.5 Å². The van der Waals surface area contributed by atoms with Crippen LogP contribution in [0.25, 0.3) is 0 Å². The molecule has 0 aromatic heterocycles. The Hall–Kier alpha value is -1.11. The van der Waals surface area contributed by atoms with Crippen LogP contribution in [0.15, 0.2) is 22.7 Å². The number of benzene rings is 1. The van der Waals surface area contributed by atoms with E-state index in [9.17, 15) is 4.79 Å². The summed E-state index contributed by atoms with van der Waals surface area (Å²) in [6, 6.07) is 5.61. The first kappa shape index (κ1) is 16.9. The number of carbonyl (C=O) groups excluding carboxylic acids is 1. The van der Waals surface area contributed by atoms with Crippen molar-refractivity contribution in [2.75, 3.05) is 20.3 Å². The first-order valence-corrected chi connectivity index (χ1v) is 7.31. The average molecular weight is 345 g/mol. The van der Waals surface area contributed by atoms with Crippen LogP contribution in [0.5, 0.6) is 5.75 Å². The number of hydrogen-bond donors (Lipinski definition) is 2. The third kappa shape index (κ3) is 5.48. The van der Waals surface area contributed by atoms with Gasteiger partial charge in [0.25, 0.3) is 5.91 Å². The number of nitrogens with one attached hydrogen (secondary N) is 1. The molecule has 0 aliphatic carbocycles. The van der Waals surface area contributed by atoms with Crippen molar-refractivity contribution in [1.29, 1.82) is 0 Å². The normalized spacial score (nSPS) is 12.2. The third-order valence-corrected chi connectivity index (χ3v) is 3.56. The van der Waals surface area contributed by atoms with Crippen molar-refractivity contribution in [3.8, 4) is 5.75 Å². The molecule has 1 atom stereocenters. The second-order valence-corrected chi connectivity index (χ2v) is 5.19. The quantitative estimate of drug-likeness (QED) is 0.670. The van der Waals surface area contributed by atoms with E-state index < -0.39 is 12.0 Å². The predicted molar refractivity (Wildman–Crippen MR) is 81.6 cm³/mol. The van der Waals surface area contributed by atoms with Gasteiger partial charge in [-0.3, -0.25) is 4.79 Å². The van der Waals surface area contributed by atoms with E-state index in [1.165, 1.54) is 0 Å². The highest BCUT2D eigenvalue weighted by molar-refractivity contribution is 9.10. The first-order valence-electron chi connectivity index (χ1n) is 6.52. The lowest BCUT2D eigenvalue weighted by Gasteiger charge is -2.15. The standard InChI is InChI=1S/C14H21BrN2O3/c1-3-13(14(16)18)20-11-4-5-12(15)10(8-11)9-17-6-7-19-2/h4-5,8,13,17H,3,6-7,9H2,1-2H3,(H2,16,18). The van der Waals surface area contributed by atoms with Gasteiger partial charge in [-0.1, -0.05) is 22.9 Å². The fourth-order valence-corrected chi connectivity index (χ4v) is 2.05. The zero-order valence-corrected chi connectivity index (χ0v) is 13.4. The minimum absolute atomic E-state index is 0.449. The number of primary amides is 1. The van der Waals surface area contributed by atoms with Crippen LogP contribution < -0.4 is 15.8 Å². The number of carbonyl (C=O) groups is 1. The van der Waals surface area contributed by atoms with E-state index in [2.05, 4.69) is 21.2 Å².